The highest BCUT2D eigenvalue weighted by molar-refractivity contribution is 5.36. The van der Waals surface area contributed by atoms with Crippen molar-refractivity contribution in [2.24, 2.45) is 5.92 Å². The van der Waals surface area contributed by atoms with Gasteiger partial charge in [0.2, 0.25) is 0 Å². The van der Waals surface area contributed by atoms with Gasteiger partial charge in [-0.25, -0.2) is 0 Å². The number of nitrogens with one attached hydrogen (secondary N) is 1. The van der Waals surface area contributed by atoms with Crippen molar-refractivity contribution in [3.05, 3.63) is 29.3 Å². The number of nitrogens with zero attached hydrogens (tertiary/aromatic N) is 1. The zero-order valence-electron chi connectivity index (χ0n) is 13.8. The van der Waals surface area contributed by atoms with Crippen LogP contribution >= 0.6 is 0 Å². The lowest BCUT2D eigenvalue weighted by Gasteiger charge is -2.30. The van der Waals surface area contributed by atoms with Gasteiger partial charge in [0.05, 0.1) is 7.11 Å². The van der Waals surface area contributed by atoms with Crippen LogP contribution in [0.4, 0.5) is 0 Å². The number of aryl methyl sites for hydroxylation is 1. The van der Waals surface area contributed by atoms with Crippen LogP contribution in [0.15, 0.2) is 18.2 Å². The van der Waals surface area contributed by atoms with Crippen molar-refractivity contribution in [1.29, 1.82) is 0 Å². The second-order valence-corrected chi connectivity index (χ2v) is 6.25. The molecule has 1 aromatic rings. The Kier molecular flexibility index (Phi) is 6.52. The molecule has 0 bridgehead atoms. The van der Waals surface area contributed by atoms with Crippen LogP contribution in [0.25, 0.3) is 0 Å². The lowest BCUT2D eigenvalue weighted by atomic mass is 9.98. The first-order valence-corrected chi connectivity index (χ1v) is 8.29. The predicted octanol–water partition coefficient (Wildman–Crippen LogP) is 3.22. The molecular formula is C18H30N2O. The molecule has 1 unspecified atom stereocenters. The summed E-state index contributed by atoms with van der Waals surface area (Å²) in [4.78, 5) is 2.61. The second kappa shape index (κ2) is 8.40. The molecule has 1 atom stereocenters. The van der Waals surface area contributed by atoms with Gasteiger partial charge >= 0.3 is 0 Å². The van der Waals surface area contributed by atoms with E-state index in [1.165, 1.54) is 56.6 Å². The van der Waals surface area contributed by atoms with Crippen LogP contribution in [-0.4, -0.2) is 38.2 Å². The molecule has 0 saturated carbocycles. The molecule has 0 spiro atoms. The molecule has 118 valence electrons. The molecule has 1 heterocycles. The van der Waals surface area contributed by atoms with E-state index >= 15 is 0 Å². The highest BCUT2D eigenvalue weighted by Gasteiger charge is 2.17. The van der Waals surface area contributed by atoms with E-state index in [2.05, 4.69) is 42.3 Å². The smallest absolute Gasteiger partial charge is 0.121 e. The van der Waals surface area contributed by atoms with Gasteiger partial charge in [-0.05, 0) is 68.9 Å². The Bertz CT molecular complexity index is 427. The molecule has 2 rings (SSSR count). The van der Waals surface area contributed by atoms with Gasteiger partial charge in [-0.2, -0.15) is 0 Å². The van der Waals surface area contributed by atoms with Crippen molar-refractivity contribution >= 4 is 0 Å². The summed E-state index contributed by atoms with van der Waals surface area (Å²) in [6.45, 7) is 10.2. The van der Waals surface area contributed by atoms with E-state index in [1.54, 1.807) is 7.11 Å². The van der Waals surface area contributed by atoms with Gasteiger partial charge < -0.3 is 10.1 Å². The number of benzene rings is 1. The van der Waals surface area contributed by atoms with Crippen LogP contribution in [0.1, 0.15) is 37.3 Å². The molecule has 3 heteroatoms. The molecule has 1 N–H and O–H groups in total. The third-order valence-electron chi connectivity index (χ3n) is 4.32. The van der Waals surface area contributed by atoms with E-state index in [4.69, 9.17) is 4.74 Å². The molecule has 1 aromatic carbocycles. The summed E-state index contributed by atoms with van der Waals surface area (Å²) in [6.07, 6.45) is 3.91. The normalized spacial score (nSPS) is 19.0. The fourth-order valence-electron chi connectivity index (χ4n) is 3.29. The van der Waals surface area contributed by atoms with Crippen LogP contribution in [0.3, 0.4) is 0 Å². The van der Waals surface area contributed by atoms with Crippen molar-refractivity contribution in [3.63, 3.8) is 0 Å². The molecule has 3 nitrogen and oxygen atoms in total. The maximum atomic E-state index is 5.35. The monoisotopic (exact) mass is 290 g/mol. The minimum atomic E-state index is 0.810. The van der Waals surface area contributed by atoms with E-state index in [-0.39, 0.29) is 0 Å². The number of hydrogen-bond acceptors (Lipinski definition) is 3. The molecule has 1 saturated heterocycles. The topological polar surface area (TPSA) is 24.5 Å². The molecule has 1 fully saturated rings. The summed E-state index contributed by atoms with van der Waals surface area (Å²) >= 11 is 0. The van der Waals surface area contributed by atoms with E-state index in [0.717, 1.165) is 18.2 Å². The standard InChI is InChI=1S/C18H30N2O/c1-4-10-20(14-17-6-5-9-19-12-17)13-16-7-8-18(21-3)15(2)11-16/h7-8,11,17,19H,4-6,9-10,12-14H2,1-3H3. The average molecular weight is 290 g/mol. The Hall–Kier alpha value is -1.06. The zero-order valence-corrected chi connectivity index (χ0v) is 13.8. The van der Waals surface area contributed by atoms with Crippen molar-refractivity contribution in [2.45, 2.75) is 39.7 Å². The number of methoxy groups -OCH3 is 1. The lowest BCUT2D eigenvalue weighted by Crippen LogP contribution is -2.38. The number of ether oxygens (including phenoxy) is 1. The van der Waals surface area contributed by atoms with Gasteiger partial charge in [0.25, 0.3) is 0 Å². The van der Waals surface area contributed by atoms with Crippen molar-refractivity contribution in [2.75, 3.05) is 33.3 Å². The Labute approximate surface area is 129 Å². The molecule has 21 heavy (non-hydrogen) atoms. The first-order valence-electron chi connectivity index (χ1n) is 8.29. The van der Waals surface area contributed by atoms with Crippen LogP contribution in [0.2, 0.25) is 0 Å². The third kappa shape index (κ3) is 5.01. The summed E-state index contributed by atoms with van der Waals surface area (Å²) in [5, 5.41) is 3.53. The van der Waals surface area contributed by atoms with Crippen LogP contribution in [0, 0.1) is 12.8 Å². The lowest BCUT2D eigenvalue weighted by molar-refractivity contribution is 0.201. The van der Waals surface area contributed by atoms with E-state index in [0.29, 0.717) is 0 Å². The minimum absolute atomic E-state index is 0.810. The molecule has 1 aliphatic heterocycles. The second-order valence-electron chi connectivity index (χ2n) is 6.25. The van der Waals surface area contributed by atoms with E-state index in [1.807, 2.05) is 0 Å². The van der Waals surface area contributed by atoms with E-state index in [9.17, 15) is 0 Å². The summed E-state index contributed by atoms with van der Waals surface area (Å²) in [6, 6.07) is 6.56. The maximum absolute atomic E-state index is 5.35. The van der Waals surface area contributed by atoms with E-state index < -0.39 is 0 Å². The van der Waals surface area contributed by atoms with Crippen molar-refractivity contribution < 1.29 is 4.74 Å². The van der Waals surface area contributed by atoms with Crippen molar-refractivity contribution in [3.8, 4) is 5.75 Å². The Morgan fingerprint density at radius 2 is 2.24 bits per heavy atom. The van der Waals surface area contributed by atoms with Gasteiger partial charge in [0, 0.05) is 13.1 Å². The summed E-state index contributed by atoms with van der Waals surface area (Å²) in [7, 11) is 1.74. The summed E-state index contributed by atoms with van der Waals surface area (Å²) < 4.78 is 5.35. The van der Waals surface area contributed by atoms with Crippen LogP contribution < -0.4 is 10.1 Å². The summed E-state index contributed by atoms with van der Waals surface area (Å²) in [5.41, 5.74) is 2.62. The number of rotatable bonds is 7. The predicted molar refractivity (Wildman–Crippen MR) is 88.9 cm³/mol. The molecule has 0 radical (unpaired) electrons. The van der Waals surface area contributed by atoms with Gasteiger partial charge in [-0.15, -0.1) is 0 Å². The molecular weight excluding hydrogens is 260 g/mol. The van der Waals surface area contributed by atoms with Gasteiger partial charge in [0.1, 0.15) is 5.75 Å². The van der Waals surface area contributed by atoms with Crippen molar-refractivity contribution in [1.82, 2.24) is 10.2 Å². The Balaban J connectivity index is 1.96. The first kappa shape index (κ1) is 16.3. The molecule has 0 aromatic heterocycles. The van der Waals surface area contributed by atoms with Crippen LogP contribution in [0.5, 0.6) is 5.75 Å². The quantitative estimate of drug-likeness (QED) is 0.834. The number of hydrogen-bond donors (Lipinski definition) is 1. The summed E-state index contributed by atoms with van der Waals surface area (Å²) in [5.74, 6) is 1.79. The van der Waals surface area contributed by atoms with Crippen LogP contribution in [-0.2, 0) is 6.54 Å². The fourth-order valence-corrected chi connectivity index (χ4v) is 3.29. The van der Waals surface area contributed by atoms with Gasteiger partial charge in [-0.1, -0.05) is 19.1 Å². The molecule has 0 amide bonds. The molecule has 0 aliphatic carbocycles. The highest BCUT2D eigenvalue weighted by atomic mass is 16.5. The number of piperidine rings is 1. The zero-order chi connectivity index (χ0) is 15.1. The average Bonchev–Trinajstić information content (AvgIpc) is 2.49. The largest absolute Gasteiger partial charge is 0.496 e. The Morgan fingerprint density at radius 3 is 2.86 bits per heavy atom. The van der Waals surface area contributed by atoms with Gasteiger partial charge in [0.15, 0.2) is 0 Å². The highest BCUT2D eigenvalue weighted by Crippen LogP contribution is 2.20. The SMILES string of the molecule is CCCN(Cc1ccc(OC)c(C)c1)CC1CCCNC1. The van der Waals surface area contributed by atoms with Gasteiger partial charge in [-0.3, -0.25) is 4.90 Å². The minimum Gasteiger partial charge on any atom is -0.496 e. The first-order chi connectivity index (χ1) is 10.2. The molecule has 1 aliphatic rings. The Morgan fingerprint density at radius 1 is 1.38 bits per heavy atom. The fraction of sp³-hybridized carbons (Fsp3) is 0.667. The third-order valence-corrected chi connectivity index (χ3v) is 4.32. The maximum Gasteiger partial charge on any atom is 0.121 e.